The maximum Gasteiger partial charge on any atom is 0.227 e. The number of carbonyl (C=O) groups excluding carboxylic acids is 1. The highest BCUT2D eigenvalue weighted by Gasteiger charge is 2.25. The molecule has 1 unspecified atom stereocenters. The van der Waals surface area contributed by atoms with Crippen LogP contribution in [0.2, 0.25) is 0 Å². The number of methoxy groups -OCH3 is 2. The first kappa shape index (κ1) is 16.5. The van der Waals surface area contributed by atoms with Crippen molar-refractivity contribution in [2.24, 2.45) is 5.92 Å². The normalized spacial score (nSPS) is 17.2. The van der Waals surface area contributed by atoms with Crippen molar-refractivity contribution < 1.29 is 14.3 Å². The molecule has 24 heavy (non-hydrogen) atoms. The van der Waals surface area contributed by atoms with E-state index in [0.29, 0.717) is 26.1 Å². The molecule has 3 rings (SSSR count). The average Bonchev–Trinajstić information content (AvgIpc) is 2.94. The summed E-state index contributed by atoms with van der Waals surface area (Å²) in [4.78, 5) is 14.7. The lowest BCUT2D eigenvalue weighted by Crippen LogP contribution is -2.36. The third kappa shape index (κ3) is 3.76. The number of fused-ring (bicyclic) bond motifs is 1. The molecule has 1 aliphatic heterocycles. The van der Waals surface area contributed by atoms with Crippen LogP contribution >= 0.6 is 0 Å². The molecule has 1 aromatic heterocycles. The smallest absolute Gasteiger partial charge is 0.227 e. The molecule has 1 aliphatic rings. The Labute approximate surface area is 142 Å². The first-order chi connectivity index (χ1) is 11.7. The highest BCUT2D eigenvalue weighted by Crippen LogP contribution is 2.18. The number of aromatic nitrogens is 2. The second-order valence-corrected chi connectivity index (χ2v) is 6.13. The summed E-state index contributed by atoms with van der Waals surface area (Å²) in [6.07, 6.45) is 2.18. The SMILES string of the molecule is COCC1CN(C(=O)Cc2ccc(OC)cc2)Cc2ccnn2C1. The van der Waals surface area contributed by atoms with Gasteiger partial charge in [0.1, 0.15) is 5.75 Å². The van der Waals surface area contributed by atoms with Crippen molar-refractivity contribution >= 4 is 5.91 Å². The Bertz CT molecular complexity index is 681. The molecule has 2 heterocycles. The largest absolute Gasteiger partial charge is 0.497 e. The van der Waals surface area contributed by atoms with Crippen LogP contribution in [0.25, 0.3) is 0 Å². The topological polar surface area (TPSA) is 56.6 Å². The number of benzene rings is 1. The van der Waals surface area contributed by atoms with Crippen LogP contribution in [0.5, 0.6) is 5.75 Å². The summed E-state index contributed by atoms with van der Waals surface area (Å²) in [6, 6.07) is 9.61. The minimum atomic E-state index is 0.121. The van der Waals surface area contributed by atoms with Crippen molar-refractivity contribution in [2.75, 3.05) is 27.4 Å². The molecule has 0 saturated carbocycles. The summed E-state index contributed by atoms with van der Waals surface area (Å²) in [7, 11) is 3.33. The summed E-state index contributed by atoms with van der Waals surface area (Å²) in [5.74, 6) is 1.16. The fourth-order valence-electron chi connectivity index (χ4n) is 3.09. The quantitative estimate of drug-likeness (QED) is 0.838. The van der Waals surface area contributed by atoms with E-state index >= 15 is 0 Å². The Kier molecular flexibility index (Phi) is 5.15. The van der Waals surface area contributed by atoms with Gasteiger partial charge in [0.2, 0.25) is 5.91 Å². The maximum absolute atomic E-state index is 12.8. The molecule has 0 radical (unpaired) electrons. The summed E-state index contributed by atoms with van der Waals surface area (Å²) < 4.78 is 12.4. The number of carbonyl (C=O) groups is 1. The fraction of sp³-hybridized carbons (Fsp3) is 0.444. The zero-order valence-corrected chi connectivity index (χ0v) is 14.1. The van der Waals surface area contributed by atoms with Gasteiger partial charge in [-0.1, -0.05) is 12.1 Å². The molecule has 128 valence electrons. The van der Waals surface area contributed by atoms with E-state index in [9.17, 15) is 4.79 Å². The molecular formula is C18H23N3O3. The molecule has 2 aromatic rings. The monoisotopic (exact) mass is 329 g/mol. The van der Waals surface area contributed by atoms with E-state index in [-0.39, 0.29) is 11.8 Å². The summed E-state index contributed by atoms with van der Waals surface area (Å²) in [6.45, 7) is 2.68. The molecule has 1 aromatic carbocycles. The van der Waals surface area contributed by atoms with Crippen LogP contribution in [0.15, 0.2) is 36.5 Å². The molecule has 6 nitrogen and oxygen atoms in total. The second kappa shape index (κ2) is 7.49. The lowest BCUT2D eigenvalue weighted by atomic mass is 10.1. The summed E-state index contributed by atoms with van der Waals surface area (Å²) in [5, 5.41) is 4.36. The van der Waals surface area contributed by atoms with Gasteiger partial charge in [0.15, 0.2) is 0 Å². The highest BCUT2D eigenvalue weighted by atomic mass is 16.5. The van der Waals surface area contributed by atoms with Crippen LogP contribution in [0.4, 0.5) is 0 Å². The van der Waals surface area contributed by atoms with Gasteiger partial charge in [-0.2, -0.15) is 5.10 Å². The molecule has 0 fully saturated rings. The second-order valence-electron chi connectivity index (χ2n) is 6.13. The number of amides is 1. The standard InChI is InChI=1S/C18H23N3O3/c1-23-13-15-10-20(12-16-7-8-19-21(16)11-15)18(22)9-14-3-5-17(24-2)6-4-14/h3-8,15H,9-13H2,1-2H3. The van der Waals surface area contributed by atoms with Crippen molar-refractivity contribution in [1.29, 1.82) is 0 Å². The molecule has 0 bridgehead atoms. The van der Waals surface area contributed by atoms with Crippen molar-refractivity contribution in [1.82, 2.24) is 14.7 Å². The van der Waals surface area contributed by atoms with E-state index in [1.165, 1.54) is 0 Å². The maximum atomic E-state index is 12.8. The fourth-order valence-corrected chi connectivity index (χ4v) is 3.09. The Morgan fingerprint density at radius 2 is 2.00 bits per heavy atom. The number of nitrogens with zero attached hydrogens (tertiary/aromatic N) is 3. The van der Waals surface area contributed by atoms with Gasteiger partial charge in [0.25, 0.3) is 0 Å². The zero-order chi connectivity index (χ0) is 16.9. The van der Waals surface area contributed by atoms with Crippen molar-refractivity contribution in [3.63, 3.8) is 0 Å². The van der Waals surface area contributed by atoms with Gasteiger partial charge in [0, 0.05) is 32.3 Å². The number of hydrogen-bond donors (Lipinski definition) is 0. The lowest BCUT2D eigenvalue weighted by molar-refractivity contribution is -0.131. The van der Waals surface area contributed by atoms with E-state index in [4.69, 9.17) is 9.47 Å². The van der Waals surface area contributed by atoms with Crippen LogP contribution in [0.3, 0.4) is 0 Å². The van der Waals surface area contributed by atoms with Gasteiger partial charge in [-0.15, -0.1) is 0 Å². The predicted molar refractivity (Wildman–Crippen MR) is 89.7 cm³/mol. The van der Waals surface area contributed by atoms with E-state index in [0.717, 1.165) is 23.6 Å². The summed E-state index contributed by atoms with van der Waals surface area (Å²) in [5.41, 5.74) is 2.05. The molecule has 0 N–H and O–H groups in total. The summed E-state index contributed by atoms with van der Waals surface area (Å²) >= 11 is 0. The van der Waals surface area contributed by atoms with Crippen LogP contribution in [-0.4, -0.2) is 48.0 Å². The predicted octanol–water partition coefficient (Wildman–Crippen LogP) is 1.74. The molecule has 0 spiro atoms. The Morgan fingerprint density at radius 3 is 2.71 bits per heavy atom. The van der Waals surface area contributed by atoms with Crippen LogP contribution in [0.1, 0.15) is 11.3 Å². The molecule has 1 atom stereocenters. The number of rotatable bonds is 5. The average molecular weight is 329 g/mol. The van der Waals surface area contributed by atoms with Gasteiger partial charge in [-0.25, -0.2) is 0 Å². The zero-order valence-electron chi connectivity index (χ0n) is 14.1. The minimum Gasteiger partial charge on any atom is -0.497 e. The van der Waals surface area contributed by atoms with E-state index < -0.39 is 0 Å². The van der Waals surface area contributed by atoms with Crippen LogP contribution in [0, 0.1) is 5.92 Å². The third-order valence-electron chi connectivity index (χ3n) is 4.34. The molecule has 0 saturated heterocycles. The van der Waals surface area contributed by atoms with Gasteiger partial charge >= 0.3 is 0 Å². The van der Waals surface area contributed by atoms with Gasteiger partial charge < -0.3 is 14.4 Å². The highest BCUT2D eigenvalue weighted by molar-refractivity contribution is 5.78. The van der Waals surface area contributed by atoms with Crippen molar-refractivity contribution in [2.45, 2.75) is 19.5 Å². The third-order valence-corrected chi connectivity index (χ3v) is 4.34. The van der Waals surface area contributed by atoms with Gasteiger partial charge in [0.05, 0.1) is 32.4 Å². The van der Waals surface area contributed by atoms with Gasteiger partial charge in [-0.3, -0.25) is 9.48 Å². The Morgan fingerprint density at radius 1 is 1.21 bits per heavy atom. The first-order valence-corrected chi connectivity index (χ1v) is 8.10. The molecular weight excluding hydrogens is 306 g/mol. The van der Waals surface area contributed by atoms with Crippen molar-refractivity contribution in [3.8, 4) is 5.75 Å². The van der Waals surface area contributed by atoms with Crippen molar-refractivity contribution in [3.05, 3.63) is 47.8 Å². The minimum absolute atomic E-state index is 0.121. The van der Waals surface area contributed by atoms with E-state index in [1.54, 1.807) is 20.4 Å². The Hall–Kier alpha value is -2.34. The van der Waals surface area contributed by atoms with E-state index in [2.05, 4.69) is 5.10 Å². The van der Waals surface area contributed by atoms with Crippen LogP contribution < -0.4 is 4.74 Å². The molecule has 0 aliphatic carbocycles. The Balaban J connectivity index is 1.72. The number of ether oxygens (including phenoxy) is 2. The van der Waals surface area contributed by atoms with Crippen LogP contribution in [-0.2, 0) is 29.0 Å². The number of hydrogen-bond acceptors (Lipinski definition) is 4. The lowest BCUT2D eigenvalue weighted by Gasteiger charge is -2.24. The first-order valence-electron chi connectivity index (χ1n) is 8.10. The molecule has 6 heteroatoms. The molecule has 1 amide bonds. The van der Waals surface area contributed by atoms with Gasteiger partial charge in [-0.05, 0) is 23.8 Å². The van der Waals surface area contributed by atoms with E-state index in [1.807, 2.05) is 39.9 Å².